The van der Waals surface area contributed by atoms with Crippen LogP contribution in [0.5, 0.6) is 0 Å². The number of amides is 2. The van der Waals surface area contributed by atoms with Gasteiger partial charge in [0.15, 0.2) is 5.78 Å². The van der Waals surface area contributed by atoms with Crippen LogP contribution in [-0.2, 0) is 0 Å². The molecule has 0 bridgehead atoms. The number of urea groups is 1. The van der Waals surface area contributed by atoms with E-state index in [2.05, 4.69) is 5.32 Å². The van der Waals surface area contributed by atoms with E-state index >= 15 is 0 Å². The predicted octanol–water partition coefficient (Wildman–Crippen LogP) is 2.84. The van der Waals surface area contributed by atoms with Crippen molar-refractivity contribution < 1.29 is 14.0 Å². The van der Waals surface area contributed by atoms with Crippen molar-refractivity contribution in [3.63, 3.8) is 0 Å². The van der Waals surface area contributed by atoms with E-state index in [0.29, 0.717) is 25.2 Å². The van der Waals surface area contributed by atoms with Crippen molar-refractivity contribution in [2.45, 2.75) is 26.2 Å². The molecular weight excluding hydrogens is 271 g/mol. The van der Waals surface area contributed by atoms with Gasteiger partial charge >= 0.3 is 6.03 Å². The van der Waals surface area contributed by atoms with E-state index in [0.717, 1.165) is 19.3 Å². The van der Waals surface area contributed by atoms with Gasteiger partial charge in [0, 0.05) is 31.1 Å². The lowest BCUT2D eigenvalue weighted by atomic mass is 9.90. The smallest absolute Gasteiger partial charge is 0.317 e. The first kappa shape index (κ1) is 15.5. The van der Waals surface area contributed by atoms with Gasteiger partial charge in [-0.05, 0) is 43.5 Å². The molecule has 4 nitrogen and oxygen atoms in total. The van der Waals surface area contributed by atoms with Gasteiger partial charge in [-0.1, -0.05) is 6.92 Å². The Bertz CT molecular complexity index is 502. The molecule has 1 heterocycles. The van der Waals surface area contributed by atoms with Crippen molar-refractivity contribution in [3.8, 4) is 0 Å². The van der Waals surface area contributed by atoms with Crippen molar-refractivity contribution in [2.75, 3.05) is 19.6 Å². The molecule has 1 unspecified atom stereocenters. The van der Waals surface area contributed by atoms with E-state index < -0.39 is 0 Å². The number of hydrogen-bond acceptors (Lipinski definition) is 2. The van der Waals surface area contributed by atoms with E-state index in [-0.39, 0.29) is 23.5 Å². The van der Waals surface area contributed by atoms with Crippen LogP contribution in [0, 0.1) is 11.7 Å². The molecule has 0 aromatic heterocycles. The molecule has 2 amide bonds. The van der Waals surface area contributed by atoms with Crippen molar-refractivity contribution >= 4 is 11.8 Å². The SMILES string of the molecule is CCCNC(=O)N1CCCC(C(=O)c2ccc(F)cc2)C1. The van der Waals surface area contributed by atoms with Crippen LogP contribution in [0.1, 0.15) is 36.5 Å². The minimum Gasteiger partial charge on any atom is -0.338 e. The highest BCUT2D eigenvalue weighted by Crippen LogP contribution is 2.21. The van der Waals surface area contributed by atoms with Crippen LogP contribution >= 0.6 is 0 Å². The Hall–Kier alpha value is -1.91. The maximum Gasteiger partial charge on any atom is 0.317 e. The summed E-state index contributed by atoms with van der Waals surface area (Å²) in [5, 5.41) is 2.83. The fourth-order valence-electron chi connectivity index (χ4n) is 2.57. The lowest BCUT2D eigenvalue weighted by Crippen LogP contribution is -2.47. The Morgan fingerprint density at radius 3 is 2.71 bits per heavy atom. The molecule has 1 aliphatic rings. The quantitative estimate of drug-likeness (QED) is 0.868. The number of ketones is 1. The van der Waals surface area contributed by atoms with Gasteiger partial charge in [0.2, 0.25) is 0 Å². The number of hydrogen-bond donors (Lipinski definition) is 1. The molecule has 0 aliphatic carbocycles. The Morgan fingerprint density at radius 1 is 1.33 bits per heavy atom. The number of carbonyl (C=O) groups excluding carboxylic acids is 2. The summed E-state index contributed by atoms with van der Waals surface area (Å²) >= 11 is 0. The Morgan fingerprint density at radius 2 is 2.05 bits per heavy atom. The highest BCUT2D eigenvalue weighted by atomic mass is 19.1. The first-order valence-corrected chi connectivity index (χ1v) is 7.44. The van der Waals surface area contributed by atoms with E-state index in [1.165, 1.54) is 24.3 Å². The summed E-state index contributed by atoms with van der Waals surface area (Å²) < 4.78 is 12.9. The largest absolute Gasteiger partial charge is 0.338 e. The van der Waals surface area contributed by atoms with Crippen LogP contribution in [0.15, 0.2) is 24.3 Å². The average Bonchev–Trinajstić information content (AvgIpc) is 2.52. The number of Topliss-reactive ketones (excluding diaryl/α,β-unsaturated/α-hetero) is 1. The summed E-state index contributed by atoms with van der Waals surface area (Å²) in [4.78, 5) is 26.1. The summed E-state index contributed by atoms with van der Waals surface area (Å²) in [6, 6.07) is 5.50. The summed E-state index contributed by atoms with van der Waals surface area (Å²) in [5.74, 6) is -0.560. The molecule has 5 heteroatoms. The van der Waals surface area contributed by atoms with Gasteiger partial charge in [0.1, 0.15) is 5.82 Å². The number of carbonyl (C=O) groups is 2. The Kier molecular flexibility index (Phi) is 5.31. The van der Waals surface area contributed by atoms with E-state index in [1.807, 2.05) is 6.92 Å². The van der Waals surface area contributed by atoms with E-state index in [1.54, 1.807) is 4.90 Å². The van der Waals surface area contributed by atoms with Crippen LogP contribution in [0.4, 0.5) is 9.18 Å². The fourth-order valence-corrected chi connectivity index (χ4v) is 2.57. The molecule has 1 aromatic rings. The predicted molar refractivity (Wildman–Crippen MR) is 78.7 cm³/mol. The molecule has 21 heavy (non-hydrogen) atoms. The van der Waals surface area contributed by atoms with Crippen molar-refractivity contribution in [1.29, 1.82) is 0 Å². The summed E-state index contributed by atoms with van der Waals surface area (Å²) in [5.41, 5.74) is 0.511. The van der Waals surface area contributed by atoms with Gasteiger partial charge in [-0.3, -0.25) is 4.79 Å². The van der Waals surface area contributed by atoms with Crippen molar-refractivity contribution in [2.24, 2.45) is 5.92 Å². The molecule has 0 saturated carbocycles. The first-order chi connectivity index (χ1) is 10.1. The maximum absolute atomic E-state index is 12.9. The third-order valence-corrected chi connectivity index (χ3v) is 3.73. The maximum atomic E-state index is 12.9. The van der Waals surface area contributed by atoms with Crippen LogP contribution in [-0.4, -0.2) is 36.3 Å². The first-order valence-electron chi connectivity index (χ1n) is 7.44. The van der Waals surface area contributed by atoms with Crippen molar-refractivity contribution in [3.05, 3.63) is 35.6 Å². The molecule has 1 fully saturated rings. The molecule has 1 aliphatic heterocycles. The number of piperidine rings is 1. The molecule has 114 valence electrons. The number of nitrogens with zero attached hydrogens (tertiary/aromatic N) is 1. The van der Waals surface area contributed by atoms with Gasteiger partial charge in [0.25, 0.3) is 0 Å². The molecule has 1 atom stereocenters. The molecule has 1 saturated heterocycles. The lowest BCUT2D eigenvalue weighted by molar-refractivity contribution is 0.0846. The molecule has 0 radical (unpaired) electrons. The Labute approximate surface area is 124 Å². The van der Waals surface area contributed by atoms with Gasteiger partial charge in [-0.15, -0.1) is 0 Å². The van der Waals surface area contributed by atoms with Crippen LogP contribution in [0.25, 0.3) is 0 Å². The number of likely N-dealkylation sites (tertiary alicyclic amines) is 1. The zero-order chi connectivity index (χ0) is 15.2. The summed E-state index contributed by atoms with van der Waals surface area (Å²) in [7, 11) is 0. The minimum atomic E-state index is -0.351. The minimum absolute atomic E-state index is 0.0111. The fraction of sp³-hybridized carbons (Fsp3) is 0.500. The number of nitrogens with one attached hydrogen (secondary N) is 1. The van der Waals surface area contributed by atoms with E-state index in [9.17, 15) is 14.0 Å². The normalized spacial score (nSPS) is 18.4. The second-order valence-corrected chi connectivity index (χ2v) is 5.39. The highest BCUT2D eigenvalue weighted by Gasteiger charge is 2.28. The second kappa shape index (κ2) is 7.20. The molecule has 2 rings (SSSR count). The zero-order valence-corrected chi connectivity index (χ0v) is 12.3. The third-order valence-electron chi connectivity index (χ3n) is 3.73. The highest BCUT2D eigenvalue weighted by molar-refractivity contribution is 5.98. The second-order valence-electron chi connectivity index (χ2n) is 5.39. The molecule has 1 aromatic carbocycles. The van der Waals surface area contributed by atoms with Crippen molar-refractivity contribution in [1.82, 2.24) is 10.2 Å². The van der Waals surface area contributed by atoms with Crippen LogP contribution in [0.3, 0.4) is 0 Å². The topological polar surface area (TPSA) is 49.4 Å². The summed E-state index contributed by atoms with van der Waals surface area (Å²) in [6.07, 6.45) is 2.47. The molecular formula is C16H21FN2O2. The van der Waals surface area contributed by atoms with Gasteiger partial charge in [0.05, 0.1) is 0 Å². The van der Waals surface area contributed by atoms with E-state index in [4.69, 9.17) is 0 Å². The average molecular weight is 292 g/mol. The third kappa shape index (κ3) is 4.03. The van der Waals surface area contributed by atoms with Gasteiger partial charge in [-0.2, -0.15) is 0 Å². The number of rotatable bonds is 4. The lowest BCUT2D eigenvalue weighted by Gasteiger charge is -2.32. The Balaban J connectivity index is 1.98. The standard InChI is InChI=1S/C16H21FN2O2/c1-2-9-18-16(21)19-10-3-4-13(11-19)15(20)12-5-7-14(17)8-6-12/h5-8,13H,2-4,9-11H2,1H3,(H,18,21). The monoisotopic (exact) mass is 292 g/mol. The summed E-state index contributed by atoms with van der Waals surface area (Å²) in [6.45, 7) is 3.76. The van der Waals surface area contributed by atoms with Crippen LogP contribution in [0.2, 0.25) is 0 Å². The van der Waals surface area contributed by atoms with Crippen LogP contribution < -0.4 is 5.32 Å². The number of benzene rings is 1. The number of halogens is 1. The molecule has 0 spiro atoms. The van der Waals surface area contributed by atoms with Gasteiger partial charge < -0.3 is 10.2 Å². The van der Waals surface area contributed by atoms with Gasteiger partial charge in [-0.25, -0.2) is 9.18 Å². The molecule has 1 N–H and O–H groups in total. The zero-order valence-electron chi connectivity index (χ0n) is 12.3.